The monoisotopic (exact) mass is 326 g/mol. The summed E-state index contributed by atoms with van der Waals surface area (Å²) in [7, 11) is 0. The lowest BCUT2D eigenvalue weighted by atomic mass is 9.72. The van der Waals surface area contributed by atoms with Gasteiger partial charge < -0.3 is 20.3 Å². The number of aliphatic hydroxyl groups excluding tert-OH is 1. The highest BCUT2D eigenvalue weighted by molar-refractivity contribution is 5.45. The van der Waals surface area contributed by atoms with E-state index in [1.807, 2.05) is 18.7 Å². The third-order valence-corrected chi connectivity index (χ3v) is 5.73. The summed E-state index contributed by atoms with van der Waals surface area (Å²) in [4.78, 5) is 4.07. The number of hydrogen-bond donors (Lipinski definition) is 3. The molecule has 2 heterocycles. The van der Waals surface area contributed by atoms with Crippen molar-refractivity contribution in [3.05, 3.63) is 54.1 Å². The van der Waals surface area contributed by atoms with Gasteiger partial charge in [-0.25, -0.2) is 4.98 Å². The smallest absolute Gasteiger partial charge is 0.0945 e. The van der Waals surface area contributed by atoms with Crippen molar-refractivity contribution in [2.75, 3.05) is 19.6 Å². The number of aromatic nitrogens is 2. The highest BCUT2D eigenvalue weighted by Gasteiger charge is 2.51. The van der Waals surface area contributed by atoms with Crippen LogP contribution >= 0.6 is 0 Å². The first-order valence-electron chi connectivity index (χ1n) is 8.99. The number of fused-ring (bicyclic) bond motifs is 2. The maximum atomic E-state index is 11.2. The summed E-state index contributed by atoms with van der Waals surface area (Å²) in [5.41, 5.74) is 2.56. The van der Waals surface area contributed by atoms with Crippen molar-refractivity contribution in [2.45, 2.75) is 43.4 Å². The van der Waals surface area contributed by atoms with Crippen molar-refractivity contribution in [3.8, 4) is 0 Å². The molecule has 128 valence electrons. The highest BCUT2D eigenvalue weighted by atomic mass is 16.3. The van der Waals surface area contributed by atoms with E-state index in [-0.39, 0.29) is 17.6 Å². The zero-order valence-corrected chi connectivity index (χ0v) is 14.0. The number of nitrogens with one attached hydrogen (secondary N) is 2. The van der Waals surface area contributed by atoms with Gasteiger partial charge in [-0.3, -0.25) is 0 Å². The minimum absolute atomic E-state index is 0.0436. The van der Waals surface area contributed by atoms with Crippen LogP contribution in [-0.2, 0) is 12.0 Å². The average Bonchev–Trinajstić information content (AvgIpc) is 3.21. The minimum Gasteiger partial charge on any atom is -0.390 e. The second-order valence-corrected chi connectivity index (χ2v) is 7.02. The number of benzene rings is 1. The first-order chi connectivity index (χ1) is 11.8. The van der Waals surface area contributed by atoms with Crippen LogP contribution in [0, 0.1) is 0 Å². The molecule has 0 amide bonds. The first-order valence-corrected chi connectivity index (χ1v) is 8.99. The van der Waals surface area contributed by atoms with Gasteiger partial charge in [0, 0.05) is 24.4 Å². The number of imidazole rings is 1. The molecule has 3 N–H and O–H groups in total. The van der Waals surface area contributed by atoms with Crippen molar-refractivity contribution < 1.29 is 5.11 Å². The lowest BCUT2D eigenvalue weighted by Crippen LogP contribution is -2.48. The van der Waals surface area contributed by atoms with Gasteiger partial charge in [-0.15, -0.1) is 0 Å². The molecule has 24 heavy (non-hydrogen) atoms. The summed E-state index contributed by atoms with van der Waals surface area (Å²) < 4.78 is 2.09. The molecule has 0 bridgehead atoms. The Morgan fingerprint density at radius 2 is 2.12 bits per heavy atom. The van der Waals surface area contributed by atoms with Crippen LogP contribution in [-0.4, -0.2) is 40.4 Å². The molecule has 5 nitrogen and oxygen atoms in total. The fraction of sp³-hybridized carbons (Fsp3) is 0.526. The molecule has 1 saturated heterocycles. The topological polar surface area (TPSA) is 62.1 Å². The van der Waals surface area contributed by atoms with Crippen LogP contribution < -0.4 is 10.6 Å². The zero-order chi connectivity index (χ0) is 16.4. The Bertz CT molecular complexity index is 664. The van der Waals surface area contributed by atoms with Crippen LogP contribution in [0.2, 0.25) is 0 Å². The molecule has 0 unspecified atom stereocenters. The summed E-state index contributed by atoms with van der Waals surface area (Å²) in [5.74, 6) is 0. The molecule has 2 aromatic rings. The molecule has 1 aliphatic carbocycles. The Balaban J connectivity index is 1.47. The second kappa shape index (κ2) is 6.67. The Morgan fingerprint density at radius 3 is 2.92 bits per heavy atom. The summed E-state index contributed by atoms with van der Waals surface area (Å²) in [5, 5.41) is 18.2. The number of piperidine rings is 1. The first kappa shape index (κ1) is 15.8. The van der Waals surface area contributed by atoms with Gasteiger partial charge in [0.2, 0.25) is 0 Å². The van der Waals surface area contributed by atoms with Crippen molar-refractivity contribution in [1.82, 2.24) is 20.2 Å². The molecule has 2 aliphatic rings. The molecule has 1 fully saturated rings. The van der Waals surface area contributed by atoms with E-state index in [1.165, 1.54) is 11.1 Å². The predicted octanol–water partition coefficient (Wildman–Crippen LogP) is 1.60. The fourth-order valence-electron chi connectivity index (χ4n) is 4.47. The number of hydrogen-bond acceptors (Lipinski definition) is 4. The third kappa shape index (κ3) is 2.66. The molecule has 1 aliphatic heterocycles. The summed E-state index contributed by atoms with van der Waals surface area (Å²) >= 11 is 0. The largest absolute Gasteiger partial charge is 0.390 e. The van der Waals surface area contributed by atoms with E-state index in [0.29, 0.717) is 0 Å². The van der Waals surface area contributed by atoms with Gasteiger partial charge in [-0.1, -0.05) is 24.3 Å². The maximum Gasteiger partial charge on any atom is 0.0945 e. The quantitative estimate of drug-likeness (QED) is 0.731. The van der Waals surface area contributed by atoms with Crippen LogP contribution in [0.4, 0.5) is 0 Å². The third-order valence-electron chi connectivity index (χ3n) is 5.73. The predicted molar refractivity (Wildman–Crippen MR) is 93.8 cm³/mol. The van der Waals surface area contributed by atoms with E-state index in [2.05, 4.69) is 44.5 Å². The number of rotatable bonds is 5. The van der Waals surface area contributed by atoms with Crippen molar-refractivity contribution in [3.63, 3.8) is 0 Å². The highest BCUT2D eigenvalue weighted by Crippen LogP contribution is 2.49. The summed E-state index contributed by atoms with van der Waals surface area (Å²) in [6.07, 6.45) is 8.36. The SMILES string of the molecule is O[C@H]1[C@H](NCCCn2ccnc2)c2ccccc2C12CCNCC2. The Morgan fingerprint density at radius 1 is 1.29 bits per heavy atom. The van der Waals surface area contributed by atoms with Crippen LogP contribution in [0.1, 0.15) is 36.4 Å². The number of aliphatic hydroxyl groups is 1. The normalized spacial score (nSPS) is 25.0. The van der Waals surface area contributed by atoms with Crippen LogP contribution in [0.15, 0.2) is 43.0 Å². The molecular formula is C19H26N4O. The van der Waals surface area contributed by atoms with E-state index < -0.39 is 0 Å². The van der Waals surface area contributed by atoms with Gasteiger partial charge in [0.05, 0.1) is 18.5 Å². The van der Waals surface area contributed by atoms with Gasteiger partial charge in [0.25, 0.3) is 0 Å². The number of aryl methyl sites for hydroxylation is 1. The summed E-state index contributed by atoms with van der Waals surface area (Å²) in [6.45, 7) is 3.81. The van der Waals surface area contributed by atoms with E-state index >= 15 is 0 Å². The summed E-state index contributed by atoms with van der Waals surface area (Å²) in [6, 6.07) is 8.64. The molecule has 2 atom stereocenters. The van der Waals surface area contributed by atoms with Gasteiger partial charge >= 0.3 is 0 Å². The molecule has 5 heteroatoms. The lowest BCUT2D eigenvalue weighted by molar-refractivity contribution is 0.0443. The van der Waals surface area contributed by atoms with E-state index in [4.69, 9.17) is 0 Å². The van der Waals surface area contributed by atoms with Gasteiger partial charge in [0.1, 0.15) is 0 Å². The van der Waals surface area contributed by atoms with Crippen LogP contribution in [0.3, 0.4) is 0 Å². The molecule has 1 aromatic heterocycles. The second-order valence-electron chi connectivity index (χ2n) is 7.02. The zero-order valence-electron chi connectivity index (χ0n) is 14.0. The van der Waals surface area contributed by atoms with Crippen molar-refractivity contribution >= 4 is 0 Å². The van der Waals surface area contributed by atoms with Gasteiger partial charge in [-0.05, 0) is 50.0 Å². The standard InChI is InChI=1S/C19H26N4O/c24-18-17(22-8-3-12-23-13-11-21-14-23)15-4-1-2-5-16(15)19(18)6-9-20-10-7-19/h1-2,4-5,11,13-14,17-18,20,22,24H,3,6-10,12H2/t17-,18+/m1/s1. The molecule has 1 aromatic carbocycles. The average molecular weight is 326 g/mol. The Labute approximate surface area is 143 Å². The number of nitrogens with zero attached hydrogens (tertiary/aromatic N) is 2. The molecule has 0 saturated carbocycles. The lowest BCUT2D eigenvalue weighted by Gasteiger charge is -2.39. The van der Waals surface area contributed by atoms with E-state index in [9.17, 15) is 5.11 Å². The van der Waals surface area contributed by atoms with Crippen molar-refractivity contribution in [2.24, 2.45) is 0 Å². The van der Waals surface area contributed by atoms with Gasteiger partial charge in [-0.2, -0.15) is 0 Å². The van der Waals surface area contributed by atoms with E-state index in [1.54, 1.807) is 0 Å². The fourth-order valence-corrected chi connectivity index (χ4v) is 4.47. The van der Waals surface area contributed by atoms with Gasteiger partial charge in [0.15, 0.2) is 0 Å². The van der Waals surface area contributed by atoms with Crippen molar-refractivity contribution in [1.29, 1.82) is 0 Å². The Kier molecular flexibility index (Phi) is 4.39. The van der Waals surface area contributed by atoms with Crippen LogP contribution in [0.25, 0.3) is 0 Å². The molecule has 0 radical (unpaired) electrons. The minimum atomic E-state index is -0.342. The van der Waals surface area contributed by atoms with E-state index in [0.717, 1.165) is 45.4 Å². The van der Waals surface area contributed by atoms with Crippen LogP contribution in [0.5, 0.6) is 0 Å². The molecule has 1 spiro atoms. The Hall–Kier alpha value is -1.69. The molecule has 4 rings (SSSR count). The molecular weight excluding hydrogens is 300 g/mol. The maximum absolute atomic E-state index is 11.2.